The maximum atomic E-state index is 11.8. The van der Waals surface area contributed by atoms with Crippen molar-refractivity contribution in [2.24, 2.45) is 0 Å². The highest BCUT2D eigenvalue weighted by atomic mass is 79.9. The fourth-order valence-corrected chi connectivity index (χ4v) is 2.62. The number of amides is 2. The van der Waals surface area contributed by atoms with E-state index in [1.54, 1.807) is 17.8 Å². The molecule has 1 atom stereocenters. The van der Waals surface area contributed by atoms with Gasteiger partial charge in [0.15, 0.2) is 0 Å². The lowest BCUT2D eigenvalue weighted by molar-refractivity contribution is 0.0697. The molecule has 1 aromatic carbocycles. The van der Waals surface area contributed by atoms with Crippen LogP contribution >= 0.6 is 27.7 Å². The molecule has 3 N–H and O–H groups in total. The van der Waals surface area contributed by atoms with Crippen LogP contribution in [0.15, 0.2) is 22.7 Å². The van der Waals surface area contributed by atoms with Gasteiger partial charge in [-0.1, -0.05) is 6.92 Å². The summed E-state index contributed by atoms with van der Waals surface area (Å²) in [6, 6.07) is 4.21. The van der Waals surface area contributed by atoms with E-state index in [1.165, 1.54) is 12.1 Å². The second-order valence-electron chi connectivity index (χ2n) is 4.16. The van der Waals surface area contributed by atoms with E-state index in [2.05, 4.69) is 33.5 Å². The first kappa shape index (κ1) is 16.8. The SMILES string of the molecule is CCSCC(C)NC(=O)Nc1ccc(C(=O)O)cc1Br. The Kier molecular flexibility index (Phi) is 6.87. The number of hydrogen-bond donors (Lipinski definition) is 3. The molecule has 110 valence electrons. The van der Waals surface area contributed by atoms with Crippen LogP contribution in [0.1, 0.15) is 24.2 Å². The summed E-state index contributed by atoms with van der Waals surface area (Å²) in [5.41, 5.74) is 0.693. The van der Waals surface area contributed by atoms with Crippen LogP contribution in [-0.2, 0) is 0 Å². The third-order valence-corrected chi connectivity index (χ3v) is 4.21. The number of benzene rings is 1. The van der Waals surface area contributed by atoms with Crippen molar-refractivity contribution in [3.05, 3.63) is 28.2 Å². The summed E-state index contributed by atoms with van der Waals surface area (Å²) in [5.74, 6) is 0.853. The molecule has 0 spiro atoms. The number of hydrogen-bond acceptors (Lipinski definition) is 3. The van der Waals surface area contributed by atoms with Crippen molar-refractivity contribution in [2.45, 2.75) is 19.9 Å². The van der Waals surface area contributed by atoms with E-state index in [4.69, 9.17) is 5.11 Å². The van der Waals surface area contributed by atoms with Gasteiger partial charge in [-0.25, -0.2) is 9.59 Å². The molecule has 0 heterocycles. The lowest BCUT2D eigenvalue weighted by Gasteiger charge is -2.14. The van der Waals surface area contributed by atoms with Gasteiger partial charge in [-0.15, -0.1) is 0 Å². The molecule has 7 heteroatoms. The Morgan fingerprint density at radius 3 is 2.70 bits per heavy atom. The molecule has 0 aliphatic heterocycles. The molecule has 5 nitrogen and oxygen atoms in total. The third kappa shape index (κ3) is 5.42. The van der Waals surface area contributed by atoms with Crippen LogP contribution in [0.25, 0.3) is 0 Å². The predicted molar refractivity (Wildman–Crippen MR) is 85.7 cm³/mol. The minimum atomic E-state index is -1.01. The summed E-state index contributed by atoms with van der Waals surface area (Å²) >= 11 is 5.00. The number of carboxylic acid groups (broad SMARTS) is 1. The fourth-order valence-electron chi connectivity index (χ4n) is 1.47. The molecule has 0 fully saturated rings. The average molecular weight is 361 g/mol. The van der Waals surface area contributed by atoms with Crippen LogP contribution in [-0.4, -0.2) is 34.7 Å². The number of rotatable bonds is 6. The van der Waals surface area contributed by atoms with Gasteiger partial charge in [0.2, 0.25) is 0 Å². The Labute approximate surface area is 130 Å². The molecule has 0 aliphatic carbocycles. The second kappa shape index (κ2) is 8.16. The van der Waals surface area contributed by atoms with Gasteiger partial charge in [0.05, 0.1) is 11.3 Å². The van der Waals surface area contributed by atoms with Crippen LogP contribution in [0, 0.1) is 0 Å². The van der Waals surface area contributed by atoms with Crippen LogP contribution in [0.4, 0.5) is 10.5 Å². The quantitative estimate of drug-likeness (QED) is 0.726. The number of aromatic carboxylic acids is 1. The molecule has 1 aromatic rings. The van der Waals surface area contributed by atoms with Gasteiger partial charge in [-0.3, -0.25) is 0 Å². The van der Waals surface area contributed by atoms with E-state index >= 15 is 0 Å². The topological polar surface area (TPSA) is 78.4 Å². The number of carbonyl (C=O) groups is 2. The Morgan fingerprint density at radius 1 is 1.45 bits per heavy atom. The third-order valence-electron chi connectivity index (χ3n) is 2.41. The van der Waals surface area contributed by atoms with Crippen molar-refractivity contribution in [3.63, 3.8) is 0 Å². The molecule has 1 unspecified atom stereocenters. The molecule has 1 rings (SSSR count). The summed E-state index contributed by atoms with van der Waals surface area (Å²) in [7, 11) is 0. The van der Waals surface area contributed by atoms with Gasteiger partial charge in [-0.05, 0) is 46.8 Å². The van der Waals surface area contributed by atoms with E-state index in [-0.39, 0.29) is 17.6 Å². The summed E-state index contributed by atoms with van der Waals surface area (Å²) in [6.45, 7) is 4.00. The van der Waals surface area contributed by atoms with Crippen molar-refractivity contribution in [3.8, 4) is 0 Å². The molecule has 20 heavy (non-hydrogen) atoms. The highest BCUT2D eigenvalue weighted by Crippen LogP contribution is 2.23. The molecule has 0 bridgehead atoms. The smallest absolute Gasteiger partial charge is 0.335 e. The Bertz CT molecular complexity index is 497. The highest BCUT2D eigenvalue weighted by Gasteiger charge is 2.11. The Hall–Kier alpha value is -1.21. The van der Waals surface area contributed by atoms with Crippen LogP contribution < -0.4 is 10.6 Å². The standard InChI is InChI=1S/C13H17BrN2O3S/c1-3-20-7-8(2)15-13(19)16-11-5-4-9(12(17)18)6-10(11)14/h4-6,8H,3,7H2,1-2H3,(H,17,18)(H2,15,16,19). The zero-order valence-electron chi connectivity index (χ0n) is 11.3. The Morgan fingerprint density at radius 2 is 2.15 bits per heavy atom. The minimum Gasteiger partial charge on any atom is -0.478 e. The van der Waals surface area contributed by atoms with Gasteiger partial charge in [0.1, 0.15) is 0 Å². The van der Waals surface area contributed by atoms with Gasteiger partial charge in [0, 0.05) is 16.3 Å². The van der Waals surface area contributed by atoms with Crippen LogP contribution in [0.3, 0.4) is 0 Å². The maximum absolute atomic E-state index is 11.8. The molecule has 0 saturated heterocycles. The molecular formula is C13H17BrN2O3S. The van der Waals surface area contributed by atoms with Crippen molar-refractivity contribution >= 4 is 45.4 Å². The number of carboxylic acids is 1. The fraction of sp³-hybridized carbons (Fsp3) is 0.385. The number of anilines is 1. The molecule has 0 aromatic heterocycles. The summed E-state index contributed by atoms with van der Waals surface area (Å²) < 4.78 is 0.531. The van der Waals surface area contributed by atoms with Crippen molar-refractivity contribution in [2.75, 3.05) is 16.8 Å². The van der Waals surface area contributed by atoms with E-state index in [1.807, 2.05) is 6.92 Å². The minimum absolute atomic E-state index is 0.0667. The van der Waals surface area contributed by atoms with Crippen molar-refractivity contribution in [1.82, 2.24) is 5.32 Å². The predicted octanol–water partition coefficient (Wildman–Crippen LogP) is 3.41. The lowest BCUT2D eigenvalue weighted by atomic mass is 10.2. The zero-order chi connectivity index (χ0) is 15.1. The average Bonchev–Trinajstić information content (AvgIpc) is 2.38. The first-order valence-electron chi connectivity index (χ1n) is 6.12. The summed E-state index contributed by atoms with van der Waals surface area (Å²) in [5, 5.41) is 14.4. The largest absolute Gasteiger partial charge is 0.478 e. The molecule has 0 saturated carbocycles. The van der Waals surface area contributed by atoms with E-state index in [0.717, 1.165) is 11.5 Å². The number of thioether (sulfide) groups is 1. The molecule has 0 aliphatic rings. The first-order chi connectivity index (χ1) is 9.43. The number of carbonyl (C=O) groups excluding carboxylic acids is 1. The first-order valence-corrected chi connectivity index (χ1v) is 8.07. The second-order valence-corrected chi connectivity index (χ2v) is 6.33. The zero-order valence-corrected chi connectivity index (χ0v) is 13.7. The molecule has 2 amide bonds. The summed E-state index contributed by atoms with van der Waals surface area (Å²) in [4.78, 5) is 22.6. The van der Waals surface area contributed by atoms with Gasteiger partial charge in [0.25, 0.3) is 0 Å². The number of urea groups is 1. The van der Waals surface area contributed by atoms with E-state index in [0.29, 0.717) is 10.2 Å². The van der Waals surface area contributed by atoms with Gasteiger partial charge < -0.3 is 15.7 Å². The highest BCUT2D eigenvalue weighted by molar-refractivity contribution is 9.10. The number of halogens is 1. The van der Waals surface area contributed by atoms with Crippen molar-refractivity contribution < 1.29 is 14.7 Å². The summed E-state index contributed by atoms with van der Waals surface area (Å²) in [6.07, 6.45) is 0. The Balaban J connectivity index is 2.60. The van der Waals surface area contributed by atoms with Gasteiger partial charge >= 0.3 is 12.0 Å². The lowest BCUT2D eigenvalue weighted by Crippen LogP contribution is -2.37. The van der Waals surface area contributed by atoms with E-state index in [9.17, 15) is 9.59 Å². The van der Waals surface area contributed by atoms with Crippen LogP contribution in [0.5, 0.6) is 0 Å². The maximum Gasteiger partial charge on any atom is 0.335 e. The molecular weight excluding hydrogens is 344 g/mol. The van der Waals surface area contributed by atoms with Crippen molar-refractivity contribution in [1.29, 1.82) is 0 Å². The van der Waals surface area contributed by atoms with E-state index < -0.39 is 5.97 Å². The normalized spacial score (nSPS) is 11.8. The number of nitrogens with one attached hydrogen (secondary N) is 2. The molecule has 0 radical (unpaired) electrons. The van der Waals surface area contributed by atoms with Crippen LogP contribution in [0.2, 0.25) is 0 Å². The van der Waals surface area contributed by atoms with Gasteiger partial charge in [-0.2, -0.15) is 11.8 Å². The monoisotopic (exact) mass is 360 g/mol.